The predicted octanol–water partition coefficient (Wildman–Crippen LogP) is 16.7. The summed E-state index contributed by atoms with van der Waals surface area (Å²) in [7, 11) is 0. The van der Waals surface area contributed by atoms with Crippen molar-refractivity contribution < 1.29 is 0 Å². The smallest absolute Gasteiger partial charge is 0.0722 e. The molecule has 0 saturated carbocycles. The normalized spacial score (nSPS) is 12.2. The molecule has 0 aliphatic carbocycles. The zero-order valence-electron chi connectivity index (χ0n) is 35.0. The van der Waals surface area contributed by atoms with E-state index in [2.05, 4.69) is 264 Å². The fourth-order valence-corrected chi connectivity index (χ4v) is 9.77. The average Bonchev–Trinajstić information content (AvgIpc) is 3.70. The number of benzene rings is 9. The second kappa shape index (κ2) is 17.0. The van der Waals surface area contributed by atoms with Crippen molar-refractivity contribution in [2.75, 3.05) is 5.32 Å². The van der Waals surface area contributed by atoms with E-state index in [1.54, 1.807) is 0 Å². The van der Waals surface area contributed by atoms with Crippen LogP contribution in [0.3, 0.4) is 0 Å². The maximum atomic E-state index is 5.23. The van der Waals surface area contributed by atoms with Gasteiger partial charge in [-0.25, -0.2) is 4.98 Å². The van der Waals surface area contributed by atoms with Crippen LogP contribution in [0.25, 0.3) is 88.3 Å². The molecule has 11 rings (SSSR count). The number of fused-ring (bicyclic) bond motifs is 6. The Bertz CT molecular complexity index is 3480. The summed E-state index contributed by atoms with van der Waals surface area (Å²) in [6, 6.07) is 80.0. The highest BCUT2D eigenvalue weighted by Crippen LogP contribution is 2.41. The Hall–Kier alpha value is -7.54. The minimum atomic E-state index is -0.148. The molecule has 64 heavy (non-hydrogen) atoms. The number of rotatable bonds is 10. The Kier molecular flexibility index (Phi) is 10.4. The van der Waals surface area contributed by atoms with E-state index in [0.717, 1.165) is 59.4 Å². The summed E-state index contributed by atoms with van der Waals surface area (Å²) >= 11 is 2.38. The van der Waals surface area contributed by atoms with Crippen LogP contribution in [0.5, 0.6) is 0 Å². The average molecular weight is 932 g/mol. The van der Waals surface area contributed by atoms with Crippen LogP contribution in [-0.4, -0.2) is 9.55 Å². The largest absolute Gasteiger partial charge is 0.375 e. The molecule has 0 amide bonds. The number of nitrogens with one attached hydrogen (secondary N) is 1. The summed E-state index contributed by atoms with van der Waals surface area (Å²) in [5.74, 6) is 0. The van der Waals surface area contributed by atoms with E-state index in [1.807, 2.05) is 6.07 Å². The molecule has 0 saturated heterocycles. The summed E-state index contributed by atoms with van der Waals surface area (Å²) in [6.07, 6.45) is 2.33. The van der Waals surface area contributed by atoms with Crippen molar-refractivity contribution >= 4 is 77.3 Å². The number of nitrogens with zero attached hydrogens (tertiary/aromatic N) is 2. The third-order valence-electron chi connectivity index (χ3n) is 12.3. The molecule has 1 N–H and O–H groups in total. The third kappa shape index (κ3) is 7.36. The molecule has 2 heterocycles. The topological polar surface area (TPSA) is 29.9 Å². The molecule has 304 valence electrons. The van der Waals surface area contributed by atoms with E-state index in [0.29, 0.717) is 0 Å². The first-order chi connectivity index (χ1) is 31.6. The predicted molar refractivity (Wildman–Crippen MR) is 280 cm³/mol. The van der Waals surface area contributed by atoms with E-state index in [1.165, 1.54) is 49.3 Å². The first kappa shape index (κ1) is 39.3. The zero-order chi connectivity index (χ0) is 43.0. The van der Waals surface area contributed by atoms with Crippen LogP contribution in [-0.2, 0) is 0 Å². The van der Waals surface area contributed by atoms with Gasteiger partial charge in [-0.1, -0.05) is 183 Å². The monoisotopic (exact) mass is 931 g/mol. The van der Waals surface area contributed by atoms with Gasteiger partial charge in [0.1, 0.15) is 0 Å². The standard InChI is InChI=1S/C60H42IN3/c1-40(61)53(45-21-15-24-47(37-45)64-58-29-13-11-25-50(58)51-26-12-14-30-59(51)64)38-56(62-46-22-9-4-10-23-46)44-33-31-42(32-34-44)48-27-16-28-52-49(48)35-36-55-60(52)54(41-17-5-2-6-18-41)39-57(63-55)43-19-7-3-8-20-43/h2-39,56,62H,1H2/b53-38+. The molecule has 0 fully saturated rings. The molecule has 0 spiro atoms. The molecule has 3 nitrogen and oxygen atoms in total. The molecule has 1 unspecified atom stereocenters. The van der Waals surface area contributed by atoms with Crippen molar-refractivity contribution in [3.63, 3.8) is 0 Å². The van der Waals surface area contributed by atoms with Gasteiger partial charge < -0.3 is 9.88 Å². The van der Waals surface area contributed by atoms with Crippen LogP contribution in [0.2, 0.25) is 0 Å². The molecular weight excluding hydrogens is 890 g/mol. The van der Waals surface area contributed by atoms with Gasteiger partial charge in [-0.3, -0.25) is 0 Å². The van der Waals surface area contributed by atoms with E-state index < -0.39 is 0 Å². The van der Waals surface area contributed by atoms with Crippen molar-refractivity contribution in [1.29, 1.82) is 0 Å². The molecule has 0 aliphatic heterocycles. The summed E-state index contributed by atoms with van der Waals surface area (Å²) in [6.45, 7) is 4.51. The lowest BCUT2D eigenvalue weighted by Crippen LogP contribution is -2.09. The van der Waals surface area contributed by atoms with E-state index >= 15 is 0 Å². The number of halogens is 1. The highest BCUT2D eigenvalue weighted by molar-refractivity contribution is 14.1. The molecule has 0 aliphatic rings. The first-order valence-electron chi connectivity index (χ1n) is 21.6. The van der Waals surface area contributed by atoms with Crippen molar-refractivity contribution in [1.82, 2.24) is 9.55 Å². The molecule has 11 aromatic rings. The van der Waals surface area contributed by atoms with Crippen molar-refractivity contribution in [2.45, 2.75) is 6.04 Å². The number of pyridine rings is 1. The number of aromatic nitrogens is 2. The molecule has 0 bridgehead atoms. The SMILES string of the molecule is C=C(I)/C(=C\C(Nc1ccccc1)c1ccc(-c2cccc3c2ccc2nc(-c4ccccc4)cc(-c4ccccc4)c23)cc1)c1cccc(-n2c3ccccc3c3ccccc32)c1. The van der Waals surface area contributed by atoms with Crippen molar-refractivity contribution in [3.05, 3.63) is 252 Å². The van der Waals surface area contributed by atoms with Gasteiger partial charge in [0.2, 0.25) is 0 Å². The lowest BCUT2D eigenvalue weighted by molar-refractivity contribution is 0.987. The lowest BCUT2D eigenvalue weighted by atomic mass is 9.91. The second-order valence-corrected chi connectivity index (χ2v) is 17.5. The van der Waals surface area contributed by atoms with Gasteiger partial charge in [0.05, 0.1) is 28.3 Å². The van der Waals surface area contributed by atoms with Gasteiger partial charge in [0.25, 0.3) is 0 Å². The van der Waals surface area contributed by atoms with Crippen molar-refractivity contribution in [3.8, 4) is 39.2 Å². The van der Waals surface area contributed by atoms with E-state index in [4.69, 9.17) is 4.98 Å². The number of para-hydroxylation sites is 3. The number of hydrogen-bond acceptors (Lipinski definition) is 2. The van der Waals surface area contributed by atoms with Gasteiger partial charge in [-0.05, 0) is 127 Å². The van der Waals surface area contributed by atoms with Crippen LogP contribution in [0.4, 0.5) is 5.69 Å². The number of anilines is 1. The van der Waals surface area contributed by atoms with Crippen LogP contribution >= 0.6 is 22.6 Å². The molecule has 0 radical (unpaired) electrons. The second-order valence-electron chi connectivity index (χ2n) is 16.2. The summed E-state index contributed by atoms with van der Waals surface area (Å²) in [5, 5.41) is 9.89. The maximum Gasteiger partial charge on any atom is 0.0722 e. The molecule has 2 aromatic heterocycles. The van der Waals surface area contributed by atoms with Gasteiger partial charge >= 0.3 is 0 Å². The van der Waals surface area contributed by atoms with Gasteiger partial charge in [-0.15, -0.1) is 0 Å². The Morgan fingerprint density at radius 2 is 1.11 bits per heavy atom. The first-order valence-corrected chi connectivity index (χ1v) is 22.7. The molecular formula is C60H42IN3. The third-order valence-corrected chi connectivity index (χ3v) is 12.9. The Morgan fingerprint density at radius 1 is 0.516 bits per heavy atom. The molecule has 4 heteroatoms. The van der Waals surface area contributed by atoms with Crippen LogP contribution in [0, 0.1) is 0 Å². The number of allylic oxidation sites excluding steroid dienone is 2. The summed E-state index contributed by atoms with van der Waals surface area (Å²) < 4.78 is 3.34. The Balaban J connectivity index is 1.00. The quantitative estimate of drug-likeness (QED) is 0.0841. The van der Waals surface area contributed by atoms with Gasteiger partial charge in [0, 0.05) is 36.7 Å². The highest BCUT2D eigenvalue weighted by atomic mass is 127. The minimum Gasteiger partial charge on any atom is -0.375 e. The van der Waals surface area contributed by atoms with E-state index in [9.17, 15) is 0 Å². The van der Waals surface area contributed by atoms with Crippen LogP contribution in [0.1, 0.15) is 17.2 Å². The minimum absolute atomic E-state index is 0.148. The summed E-state index contributed by atoms with van der Waals surface area (Å²) in [5.41, 5.74) is 15.6. The summed E-state index contributed by atoms with van der Waals surface area (Å²) in [4.78, 5) is 5.23. The van der Waals surface area contributed by atoms with Crippen LogP contribution < -0.4 is 5.32 Å². The fraction of sp³-hybridized carbons (Fsp3) is 0.0167. The van der Waals surface area contributed by atoms with Gasteiger partial charge in [-0.2, -0.15) is 0 Å². The maximum absolute atomic E-state index is 5.23. The Labute approximate surface area is 386 Å². The fourth-order valence-electron chi connectivity index (χ4n) is 9.28. The molecule has 9 aromatic carbocycles. The van der Waals surface area contributed by atoms with Crippen molar-refractivity contribution in [2.24, 2.45) is 0 Å². The van der Waals surface area contributed by atoms with Crippen LogP contribution in [0.15, 0.2) is 241 Å². The number of hydrogen-bond donors (Lipinski definition) is 1. The zero-order valence-corrected chi connectivity index (χ0v) is 37.2. The lowest BCUT2D eigenvalue weighted by Gasteiger charge is -2.21. The molecule has 1 atom stereocenters. The highest BCUT2D eigenvalue weighted by Gasteiger charge is 2.18. The Morgan fingerprint density at radius 3 is 1.80 bits per heavy atom. The van der Waals surface area contributed by atoms with Gasteiger partial charge in [0.15, 0.2) is 0 Å². The van der Waals surface area contributed by atoms with E-state index in [-0.39, 0.29) is 6.04 Å².